The van der Waals surface area contributed by atoms with Gasteiger partial charge in [-0.05, 0) is 31.6 Å². The fraction of sp³-hybridized carbons (Fsp3) is 0.769. The summed E-state index contributed by atoms with van der Waals surface area (Å²) < 4.78 is 0. The summed E-state index contributed by atoms with van der Waals surface area (Å²) in [6.45, 7) is 5.40. The number of aromatic nitrogens is 1. The van der Waals surface area contributed by atoms with Gasteiger partial charge in [0, 0.05) is 18.0 Å². The van der Waals surface area contributed by atoms with E-state index in [1.54, 1.807) is 11.3 Å². The molecule has 1 atom stereocenters. The molecule has 1 aromatic rings. The number of nitrogens with one attached hydrogen (secondary N) is 1. The number of aryl methyl sites for hydroxylation is 1. The van der Waals surface area contributed by atoms with Gasteiger partial charge >= 0.3 is 0 Å². The van der Waals surface area contributed by atoms with Gasteiger partial charge in [-0.25, -0.2) is 4.98 Å². The Morgan fingerprint density at radius 1 is 1.50 bits per heavy atom. The molecular weight excluding hydrogens is 216 g/mol. The standard InChI is InChI=1S/C13H22N2S/c1-3-5-12(10-6-7-10)14-8-11-9-16-13(4-2)15-11/h9-10,12,14H,3-8H2,1-2H3. The molecule has 90 valence electrons. The summed E-state index contributed by atoms with van der Waals surface area (Å²) in [5.41, 5.74) is 1.23. The third kappa shape index (κ3) is 3.29. The first-order chi connectivity index (χ1) is 7.83. The Hall–Kier alpha value is -0.410. The second-order valence-corrected chi connectivity index (χ2v) is 5.64. The van der Waals surface area contributed by atoms with Crippen molar-refractivity contribution in [3.63, 3.8) is 0 Å². The molecule has 1 aromatic heterocycles. The summed E-state index contributed by atoms with van der Waals surface area (Å²) in [7, 11) is 0. The van der Waals surface area contributed by atoms with Gasteiger partial charge in [-0.15, -0.1) is 11.3 Å². The smallest absolute Gasteiger partial charge is 0.0926 e. The molecule has 2 nitrogen and oxygen atoms in total. The highest BCUT2D eigenvalue weighted by Gasteiger charge is 2.29. The number of rotatable bonds is 7. The van der Waals surface area contributed by atoms with Crippen molar-refractivity contribution in [2.24, 2.45) is 5.92 Å². The first-order valence-corrected chi connectivity index (χ1v) is 7.38. The fourth-order valence-corrected chi connectivity index (χ4v) is 2.89. The van der Waals surface area contributed by atoms with Crippen molar-refractivity contribution < 1.29 is 0 Å². The van der Waals surface area contributed by atoms with E-state index in [-0.39, 0.29) is 0 Å². The normalized spacial score (nSPS) is 17.6. The molecule has 1 N–H and O–H groups in total. The average molecular weight is 238 g/mol. The molecule has 1 heterocycles. The minimum atomic E-state index is 0.733. The summed E-state index contributed by atoms with van der Waals surface area (Å²) in [6.07, 6.45) is 6.51. The van der Waals surface area contributed by atoms with Crippen molar-refractivity contribution in [1.82, 2.24) is 10.3 Å². The van der Waals surface area contributed by atoms with Gasteiger partial charge in [0.1, 0.15) is 0 Å². The first-order valence-electron chi connectivity index (χ1n) is 6.50. The molecule has 0 aliphatic heterocycles. The summed E-state index contributed by atoms with van der Waals surface area (Å²) in [4.78, 5) is 4.60. The maximum Gasteiger partial charge on any atom is 0.0926 e. The Labute approximate surface area is 102 Å². The minimum Gasteiger partial charge on any atom is -0.308 e. The molecule has 1 aliphatic rings. The van der Waals surface area contributed by atoms with Crippen molar-refractivity contribution in [2.45, 2.75) is 58.5 Å². The third-order valence-electron chi connectivity index (χ3n) is 3.24. The molecule has 1 saturated carbocycles. The van der Waals surface area contributed by atoms with E-state index < -0.39 is 0 Å². The van der Waals surface area contributed by atoms with Crippen LogP contribution in [-0.4, -0.2) is 11.0 Å². The summed E-state index contributed by atoms with van der Waals surface area (Å²) >= 11 is 1.79. The van der Waals surface area contributed by atoms with Gasteiger partial charge in [-0.3, -0.25) is 0 Å². The number of thiazole rings is 1. The maximum atomic E-state index is 4.60. The molecule has 0 aromatic carbocycles. The molecule has 1 unspecified atom stereocenters. The van der Waals surface area contributed by atoms with Crippen LogP contribution in [0, 0.1) is 5.92 Å². The van der Waals surface area contributed by atoms with Crippen molar-refractivity contribution >= 4 is 11.3 Å². The number of hydrogen-bond donors (Lipinski definition) is 1. The monoisotopic (exact) mass is 238 g/mol. The molecule has 1 fully saturated rings. The fourth-order valence-electron chi connectivity index (χ4n) is 2.14. The van der Waals surface area contributed by atoms with Crippen LogP contribution in [-0.2, 0) is 13.0 Å². The molecule has 0 radical (unpaired) electrons. The van der Waals surface area contributed by atoms with Crippen molar-refractivity contribution in [2.75, 3.05) is 0 Å². The highest BCUT2D eigenvalue weighted by atomic mass is 32.1. The largest absolute Gasteiger partial charge is 0.308 e. The van der Waals surface area contributed by atoms with Crippen LogP contribution in [0.2, 0.25) is 0 Å². The Balaban J connectivity index is 1.80. The summed E-state index contributed by atoms with van der Waals surface area (Å²) in [5.74, 6) is 0.948. The summed E-state index contributed by atoms with van der Waals surface area (Å²) in [6, 6.07) is 0.733. The van der Waals surface area contributed by atoms with E-state index in [9.17, 15) is 0 Å². The lowest BCUT2D eigenvalue weighted by Crippen LogP contribution is -2.30. The molecule has 1 aliphatic carbocycles. The van der Waals surface area contributed by atoms with E-state index in [4.69, 9.17) is 0 Å². The van der Waals surface area contributed by atoms with Crippen LogP contribution in [0.25, 0.3) is 0 Å². The van der Waals surface area contributed by atoms with E-state index in [1.165, 1.54) is 36.4 Å². The first kappa shape index (κ1) is 12.1. The van der Waals surface area contributed by atoms with Gasteiger partial charge < -0.3 is 5.32 Å². The van der Waals surface area contributed by atoms with Gasteiger partial charge in [-0.1, -0.05) is 20.3 Å². The van der Waals surface area contributed by atoms with Crippen LogP contribution in [0.1, 0.15) is 50.2 Å². The zero-order valence-electron chi connectivity index (χ0n) is 10.3. The molecule has 0 amide bonds. The number of hydrogen-bond acceptors (Lipinski definition) is 3. The predicted octanol–water partition coefficient (Wildman–Crippen LogP) is 3.37. The Morgan fingerprint density at radius 2 is 2.31 bits per heavy atom. The van der Waals surface area contributed by atoms with Gasteiger partial charge in [0.05, 0.1) is 10.7 Å². The van der Waals surface area contributed by atoms with Crippen molar-refractivity contribution in [3.05, 3.63) is 16.1 Å². The van der Waals surface area contributed by atoms with Crippen LogP contribution in [0.5, 0.6) is 0 Å². The van der Waals surface area contributed by atoms with Gasteiger partial charge in [0.15, 0.2) is 0 Å². The average Bonchev–Trinajstić information content (AvgIpc) is 3.03. The molecule has 0 spiro atoms. The summed E-state index contributed by atoms with van der Waals surface area (Å²) in [5, 5.41) is 7.14. The van der Waals surface area contributed by atoms with Gasteiger partial charge in [0.25, 0.3) is 0 Å². The van der Waals surface area contributed by atoms with Crippen molar-refractivity contribution in [1.29, 1.82) is 0 Å². The zero-order valence-corrected chi connectivity index (χ0v) is 11.1. The van der Waals surface area contributed by atoms with E-state index in [0.29, 0.717) is 0 Å². The highest BCUT2D eigenvalue weighted by molar-refractivity contribution is 7.09. The van der Waals surface area contributed by atoms with Gasteiger partial charge in [-0.2, -0.15) is 0 Å². The SMILES string of the molecule is CCCC(NCc1csc(CC)n1)C1CC1. The maximum absolute atomic E-state index is 4.60. The van der Waals surface area contributed by atoms with Crippen molar-refractivity contribution in [3.8, 4) is 0 Å². The zero-order chi connectivity index (χ0) is 11.4. The molecule has 2 rings (SSSR count). The molecule has 0 bridgehead atoms. The minimum absolute atomic E-state index is 0.733. The lowest BCUT2D eigenvalue weighted by atomic mass is 10.1. The van der Waals surface area contributed by atoms with Crippen LogP contribution in [0.4, 0.5) is 0 Å². The Bertz CT molecular complexity index is 317. The predicted molar refractivity (Wildman–Crippen MR) is 69.8 cm³/mol. The molecule has 0 saturated heterocycles. The molecule has 16 heavy (non-hydrogen) atoms. The van der Waals surface area contributed by atoms with E-state index in [1.807, 2.05) is 0 Å². The quantitative estimate of drug-likeness (QED) is 0.788. The Kier molecular flexibility index (Phi) is 4.36. The third-order valence-corrected chi connectivity index (χ3v) is 4.28. The van der Waals surface area contributed by atoms with Crippen LogP contribution in [0.3, 0.4) is 0 Å². The van der Waals surface area contributed by atoms with E-state index in [0.717, 1.165) is 24.9 Å². The van der Waals surface area contributed by atoms with Crippen LogP contribution >= 0.6 is 11.3 Å². The molecule has 3 heteroatoms. The van der Waals surface area contributed by atoms with E-state index >= 15 is 0 Å². The van der Waals surface area contributed by atoms with Gasteiger partial charge in [0.2, 0.25) is 0 Å². The van der Waals surface area contributed by atoms with E-state index in [2.05, 4.69) is 29.5 Å². The topological polar surface area (TPSA) is 24.9 Å². The highest BCUT2D eigenvalue weighted by Crippen LogP contribution is 2.34. The lowest BCUT2D eigenvalue weighted by Gasteiger charge is -2.16. The second kappa shape index (κ2) is 5.78. The second-order valence-electron chi connectivity index (χ2n) is 4.70. The molecular formula is C13H22N2S. The Morgan fingerprint density at radius 3 is 2.88 bits per heavy atom. The van der Waals surface area contributed by atoms with Crippen LogP contribution < -0.4 is 5.32 Å². The van der Waals surface area contributed by atoms with Crippen LogP contribution in [0.15, 0.2) is 5.38 Å². The number of nitrogens with zero attached hydrogens (tertiary/aromatic N) is 1. The lowest BCUT2D eigenvalue weighted by molar-refractivity contribution is 0.427.